The van der Waals surface area contributed by atoms with E-state index >= 15 is 0 Å². The van der Waals surface area contributed by atoms with Crippen LogP contribution in [0.25, 0.3) is 0 Å². The summed E-state index contributed by atoms with van der Waals surface area (Å²) in [5, 5.41) is 1.05. The van der Waals surface area contributed by atoms with Crippen molar-refractivity contribution in [3.63, 3.8) is 0 Å². The molecule has 1 aliphatic rings. The monoisotopic (exact) mass is 362 g/mol. The zero-order valence-corrected chi connectivity index (χ0v) is 14.7. The van der Waals surface area contributed by atoms with E-state index in [0.29, 0.717) is 34.4 Å². The second-order valence-electron chi connectivity index (χ2n) is 5.45. The molecule has 0 spiro atoms. The van der Waals surface area contributed by atoms with Gasteiger partial charge < -0.3 is 14.5 Å². The summed E-state index contributed by atoms with van der Waals surface area (Å²) in [5.41, 5.74) is 1.48. The highest BCUT2D eigenvalue weighted by atomic mass is 35.5. The molecule has 0 aliphatic carbocycles. The summed E-state index contributed by atoms with van der Waals surface area (Å²) < 4.78 is 5.28. The molecule has 0 unspecified atom stereocenters. The lowest BCUT2D eigenvalue weighted by Gasteiger charge is -2.36. The molecule has 1 fully saturated rings. The van der Waals surface area contributed by atoms with Crippen molar-refractivity contribution in [2.45, 2.75) is 0 Å². The van der Waals surface area contributed by atoms with Crippen molar-refractivity contribution in [2.24, 2.45) is 0 Å². The molecule has 1 saturated heterocycles. The second-order valence-corrected chi connectivity index (χ2v) is 6.30. The number of anilines is 1. The minimum atomic E-state index is -0.0695. The van der Waals surface area contributed by atoms with Gasteiger partial charge in [0.1, 0.15) is 5.75 Å². The van der Waals surface area contributed by atoms with Crippen LogP contribution in [0.3, 0.4) is 0 Å². The van der Waals surface area contributed by atoms with E-state index < -0.39 is 0 Å². The molecule has 6 heteroatoms. The number of carbonyl (C=O) groups is 1. The molecule has 2 aromatic carbocycles. The Kier molecular flexibility index (Phi) is 5.03. The SMILES string of the molecule is COc1ccc(Cl)cc1C(=O)N1CCN(c2cc#cc(Cl)c2)CC1. The fraction of sp³-hybridized carbons (Fsp3) is 0.278. The third-order valence-corrected chi connectivity index (χ3v) is 4.45. The summed E-state index contributed by atoms with van der Waals surface area (Å²) in [6.07, 6.45) is 0. The van der Waals surface area contributed by atoms with Gasteiger partial charge in [-0.15, -0.1) is 0 Å². The summed E-state index contributed by atoms with van der Waals surface area (Å²) in [6, 6.07) is 14.5. The molecule has 3 rings (SSSR count). The first-order valence-corrected chi connectivity index (χ1v) is 8.31. The largest absolute Gasteiger partial charge is 0.496 e. The number of hydrogen-bond acceptors (Lipinski definition) is 3. The highest BCUT2D eigenvalue weighted by Gasteiger charge is 2.24. The van der Waals surface area contributed by atoms with Crippen molar-refractivity contribution >= 4 is 34.8 Å². The predicted octanol–water partition coefficient (Wildman–Crippen LogP) is 3.56. The van der Waals surface area contributed by atoms with Crippen LogP contribution in [-0.4, -0.2) is 44.1 Å². The molecule has 0 radical (unpaired) electrons. The van der Waals surface area contributed by atoms with Gasteiger partial charge in [-0.1, -0.05) is 29.3 Å². The number of methoxy groups -OCH3 is 1. The number of piperazine rings is 1. The quantitative estimate of drug-likeness (QED) is 0.836. The number of hydrogen-bond donors (Lipinski definition) is 0. The van der Waals surface area contributed by atoms with Crippen molar-refractivity contribution in [1.82, 2.24) is 4.90 Å². The van der Waals surface area contributed by atoms with Crippen molar-refractivity contribution in [2.75, 3.05) is 38.2 Å². The lowest BCUT2D eigenvalue weighted by atomic mass is 10.1. The number of carbonyl (C=O) groups excluding carboxylic acids is 1. The smallest absolute Gasteiger partial charge is 0.257 e. The molecule has 2 aromatic rings. The molecule has 1 amide bonds. The van der Waals surface area contributed by atoms with Gasteiger partial charge in [-0.25, -0.2) is 0 Å². The minimum Gasteiger partial charge on any atom is -0.496 e. The summed E-state index contributed by atoms with van der Waals surface area (Å²) in [5.74, 6) is 0.465. The molecule has 0 atom stereocenters. The lowest BCUT2D eigenvalue weighted by molar-refractivity contribution is 0.0743. The lowest BCUT2D eigenvalue weighted by Crippen LogP contribution is -2.48. The van der Waals surface area contributed by atoms with Gasteiger partial charge in [0.25, 0.3) is 5.91 Å². The fourth-order valence-electron chi connectivity index (χ4n) is 2.75. The van der Waals surface area contributed by atoms with E-state index in [-0.39, 0.29) is 5.91 Å². The minimum absolute atomic E-state index is 0.0695. The number of rotatable bonds is 3. The predicted molar refractivity (Wildman–Crippen MR) is 95.2 cm³/mol. The highest BCUT2D eigenvalue weighted by Crippen LogP contribution is 2.25. The van der Waals surface area contributed by atoms with Crippen molar-refractivity contribution in [3.8, 4) is 5.75 Å². The molecular formula is C18H16Cl2N2O2. The van der Waals surface area contributed by atoms with Crippen LogP contribution in [0.2, 0.25) is 10.0 Å². The normalized spacial score (nSPS) is 14.3. The van der Waals surface area contributed by atoms with Gasteiger partial charge in [0, 0.05) is 43.0 Å². The van der Waals surface area contributed by atoms with Gasteiger partial charge in [-0.2, -0.15) is 0 Å². The molecule has 1 heterocycles. The fourth-order valence-corrected chi connectivity index (χ4v) is 3.09. The van der Waals surface area contributed by atoms with Gasteiger partial charge in [0.2, 0.25) is 0 Å². The van der Waals surface area contributed by atoms with Crippen LogP contribution in [0.15, 0.2) is 30.3 Å². The third-order valence-electron chi connectivity index (χ3n) is 4.01. The Labute approximate surface area is 151 Å². The van der Waals surface area contributed by atoms with Crippen LogP contribution < -0.4 is 9.64 Å². The Hall–Kier alpha value is -2.09. The number of benzene rings is 1. The van der Waals surface area contributed by atoms with E-state index in [1.807, 2.05) is 17.0 Å². The maximum Gasteiger partial charge on any atom is 0.257 e. The Morgan fingerprint density at radius 2 is 1.92 bits per heavy atom. The van der Waals surface area contributed by atoms with Gasteiger partial charge in [-0.05, 0) is 30.3 Å². The highest BCUT2D eigenvalue weighted by molar-refractivity contribution is 6.31. The van der Waals surface area contributed by atoms with E-state index in [0.717, 1.165) is 18.8 Å². The van der Waals surface area contributed by atoms with Crippen LogP contribution in [0.4, 0.5) is 5.69 Å². The van der Waals surface area contributed by atoms with Crippen LogP contribution in [0, 0.1) is 12.1 Å². The van der Waals surface area contributed by atoms with E-state index in [1.165, 1.54) is 0 Å². The molecule has 0 aromatic heterocycles. The van der Waals surface area contributed by atoms with Gasteiger partial charge >= 0.3 is 0 Å². The standard InChI is InChI=1S/C18H16Cl2N2O2/c1-24-17-6-5-14(20)12-16(17)18(23)22-9-7-21(8-10-22)15-4-2-3-13(19)11-15/h4-6,11-12H,7-10H2,1H3. The molecule has 1 aliphatic heterocycles. The number of ether oxygens (including phenoxy) is 1. The maximum absolute atomic E-state index is 12.8. The molecule has 0 N–H and O–H groups in total. The zero-order valence-electron chi connectivity index (χ0n) is 13.2. The molecule has 0 bridgehead atoms. The van der Waals surface area contributed by atoms with Crippen molar-refractivity contribution in [3.05, 3.63) is 58.1 Å². The van der Waals surface area contributed by atoms with E-state index in [9.17, 15) is 4.79 Å². The summed E-state index contributed by atoms with van der Waals surface area (Å²) in [7, 11) is 1.55. The molecule has 4 nitrogen and oxygen atoms in total. The second kappa shape index (κ2) is 7.21. The Balaban J connectivity index is 1.70. The molecule has 0 saturated carbocycles. The third kappa shape index (κ3) is 3.53. The van der Waals surface area contributed by atoms with E-state index in [2.05, 4.69) is 17.0 Å². The average Bonchev–Trinajstić information content (AvgIpc) is 2.61. The summed E-state index contributed by atoms with van der Waals surface area (Å²) in [6.45, 7) is 2.68. The number of nitrogens with zero attached hydrogens (tertiary/aromatic N) is 2. The van der Waals surface area contributed by atoms with Crippen molar-refractivity contribution < 1.29 is 9.53 Å². The number of halogens is 2. The van der Waals surface area contributed by atoms with Gasteiger partial charge in [-0.3, -0.25) is 4.79 Å². The van der Waals surface area contributed by atoms with Crippen LogP contribution in [0.5, 0.6) is 5.75 Å². The first-order valence-electron chi connectivity index (χ1n) is 7.55. The van der Waals surface area contributed by atoms with Crippen LogP contribution in [-0.2, 0) is 0 Å². The van der Waals surface area contributed by atoms with Crippen LogP contribution in [0.1, 0.15) is 10.4 Å². The van der Waals surface area contributed by atoms with Gasteiger partial charge in [0.05, 0.1) is 17.7 Å². The molecular weight excluding hydrogens is 347 g/mol. The van der Waals surface area contributed by atoms with Gasteiger partial charge in [0.15, 0.2) is 0 Å². The summed E-state index contributed by atoms with van der Waals surface area (Å²) in [4.78, 5) is 16.8. The first kappa shape index (κ1) is 16.8. The molecule has 24 heavy (non-hydrogen) atoms. The first-order chi connectivity index (χ1) is 11.6. The van der Waals surface area contributed by atoms with Crippen LogP contribution >= 0.6 is 23.2 Å². The molecule has 124 valence electrons. The topological polar surface area (TPSA) is 32.8 Å². The zero-order chi connectivity index (χ0) is 17.1. The van der Waals surface area contributed by atoms with E-state index in [1.54, 1.807) is 25.3 Å². The number of amides is 1. The Morgan fingerprint density at radius 1 is 1.17 bits per heavy atom. The maximum atomic E-state index is 12.8. The average molecular weight is 363 g/mol. The van der Waals surface area contributed by atoms with E-state index in [4.69, 9.17) is 27.9 Å². The Bertz CT molecular complexity index is 744. The summed E-state index contributed by atoms with van der Waals surface area (Å²) >= 11 is 12.0. The van der Waals surface area contributed by atoms with Crippen molar-refractivity contribution in [1.29, 1.82) is 0 Å². The Morgan fingerprint density at radius 3 is 2.58 bits per heavy atom.